The van der Waals surface area contributed by atoms with Crippen LogP contribution in [-0.4, -0.2) is 54.3 Å². The van der Waals surface area contributed by atoms with E-state index in [1.54, 1.807) is 55.6 Å². The highest BCUT2D eigenvalue weighted by Crippen LogP contribution is 2.36. The molecular formula is C30H30FN5O3S. The van der Waals surface area contributed by atoms with Gasteiger partial charge in [-0.2, -0.15) is 5.26 Å². The summed E-state index contributed by atoms with van der Waals surface area (Å²) < 4.78 is 40.1. The van der Waals surface area contributed by atoms with Crippen molar-refractivity contribution in [3.05, 3.63) is 99.7 Å². The minimum absolute atomic E-state index is 0.0496. The fourth-order valence-corrected chi connectivity index (χ4v) is 6.25. The SMILES string of the molecule is C[C@@H]1CN(c2cc(=O)n(C)c3ccc(C#N)nc23)[C@@H](C)CN1C(c1ccc(F)cc1)c1cccc(S(C)(=O)=O)c1. The van der Waals surface area contributed by atoms with Crippen LogP contribution in [0.3, 0.4) is 0 Å². The van der Waals surface area contributed by atoms with Crippen molar-refractivity contribution in [1.82, 2.24) is 14.5 Å². The van der Waals surface area contributed by atoms with Crippen LogP contribution in [0.4, 0.5) is 10.1 Å². The number of piperazine rings is 1. The fraction of sp³-hybridized carbons (Fsp3) is 0.300. The third-order valence-corrected chi connectivity index (χ3v) is 8.76. The lowest BCUT2D eigenvalue weighted by molar-refractivity contribution is 0.130. The Balaban J connectivity index is 1.58. The average molecular weight is 560 g/mol. The van der Waals surface area contributed by atoms with Gasteiger partial charge in [0, 0.05) is 44.5 Å². The van der Waals surface area contributed by atoms with Gasteiger partial charge in [0.2, 0.25) is 0 Å². The van der Waals surface area contributed by atoms with Crippen LogP contribution in [0.25, 0.3) is 11.0 Å². The minimum Gasteiger partial charge on any atom is -0.364 e. The Morgan fingerprint density at radius 2 is 1.73 bits per heavy atom. The second-order valence-electron chi connectivity index (χ2n) is 10.4. The molecule has 206 valence electrons. The molecule has 5 rings (SSSR count). The van der Waals surface area contributed by atoms with E-state index in [0.29, 0.717) is 29.8 Å². The summed E-state index contributed by atoms with van der Waals surface area (Å²) in [7, 11) is -1.75. The zero-order chi connectivity index (χ0) is 28.8. The molecule has 40 heavy (non-hydrogen) atoms. The van der Waals surface area contributed by atoms with Crippen LogP contribution in [0.2, 0.25) is 0 Å². The molecule has 0 amide bonds. The maximum atomic E-state index is 13.9. The zero-order valence-electron chi connectivity index (χ0n) is 22.7. The molecule has 0 bridgehead atoms. The van der Waals surface area contributed by atoms with Gasteiger partial charge >= 0.3 is 0 Å². The number of anilines is 1. The number of halogens is 1. The van der Waals surface area contributed by atoms with Crippen molar-refractivity contribution in [2.75, 3.05) is 24.2 Å². The molecule has 1 saturated heterocycles. The summed E-state index contributed by atoms with van der Waals surface area (Å²) in [6.07, 6.45) is 1.18. The first-order valence-electron chi connectivity index (χ1n) is 13.0. The number of pyridine rings is 2. The summed E-state index contributed by atoms with van der Waals surface area (Å²) in [5, 5.41) is 9.45. The van der Waals surface area contributed by atoms with Crippen molar-refractivity contribution < 1.29 is 12.8 Å². The smallest absolute Gasteiger partial charge is 0.252 e. The van der Waals surface area contributed by atoms with Gasteiger partial charge < -0.3 is 9.47 Å². The molecule has 3 atom stereocenters. The number of hydrogen-bond acceptors (Lipinski definition) is 7. The molecule has 2 aromatic carbocycles. The number of benzene rings is 2. The minimum atomic E-state index is -3.43. The van der Waals surface area contributed by atoms with Gasteiger partial charge in [-0.3, -0.25) is 9.69 Å². The Bertz CT molecular complexity index is 1800. The number of hydrogen-bond donors (Lipinski definition) is 0. The number of nitriles is 1. The Labute approximate surface area is 232 Å². The van der Waals surface area contributed by atoms with Crippen LogP contribution in [0.15, 0.2) is 76.4 Å². The van der Waals surface area contributed by atoms with E-state index in [4.69, 9.17) is 0 Å². The largest absolute Gasteiger partial charge is 0.364 e. The first-order valence-corrected chi connectivity index (χ1v) is 14.9. The van der Waals surface area contributed by atoms with E-state index in [0.717, 1.165) is 11.1 Å². The molecule has 0 saturated carbocycles. The molecule has 8 nitrogen and oxygen atoms in total. The fourth-order valence-electron chi connectivity index (χ4n) is 5.58. The van der Waals surface area contributed by atoms with Gasteiger partial charge in [-0.15, -0.1) is 0 Å². The quantitative estimate of drug-likeness (QED) is 0.364. The van der Waals surface area contributed by atoms with E-state index in [2.05, 4.69) is 34.7 Å². The van der Waals surface area contributed by atoms with Crippen LogP contribution >= 0.6 is 0 Å². The normalized spacial score (nSPS) is 18.9. The van der Waals surface area contributed by atoms with Crippen molar-refractivity contribution in [2.45, 2.75) is 36.9 Å². The van der Waals surface area contributed by atoms with E-state index in [1.165, 1.54) is 23.0 Å². The van der Waals surface area contributed by atoms with Gasteiger partial charge in [0.15, 0.2) is 9.84 Å². The maximum Gasteiger partial charge on any atom is 0.252 e. The van der Waals surface area contributed by atoms with Crippen molar-refractivity contribution in [3.63, 3.8) is 0 Å². The Morgan fingerprint density at radius 3 is 2.40 bits per heavy atom. The van der Waals surface area contributed by atoms with Crippen molar-refractivity contribution in [3.8, 4) is 6.07 Å². The van der Waals surface area contributed by atoms with Gasteiger partial charge in [0.1, 0.15) is 23.1 Å². The van der Waals surface area contributed by atoms with Crippen LogP contribution in [0, 0.1) is 17.1 Å². The Morgan fingerprint density at radius 1 is 1.00 bits per heavy atom. The average Bonchev–Trinajstić information content (AvgIpc) is 2.93. The van der Waals surface area contributed by atoms with Gasteiger partial charge in [0.25, 0.3) is 5.56 Å². The zero-order valence-corrected chi connectivity index (χ0v) is 23.6. The lowest BCUT2D eigenvalue weighted by Gasteiger charge is -2.48. The summed E-state index contributed by atoms with van der Waals surface area (Å²) in [4.78, 5) is 22.1. The van der Waals surface area contributed by atoms with E-state index in [1.807, 2.05) is 6.07 Å². The second kappa shape index (κ2) is 10.5. The molecule has 0 spiro atoms. The molecule has 1 aliphatic rings. The molecule has 1 unspecified atom stereocenters. The summed E-state index contributed by atoms with van der Waals surface area (Å²) in [5.41, 5.74) is 3.65. The van der Waals surface area contributed by atoms with E-state index >= 15 is 0 Å². The Hall–Kier alpha value is -4.07. The maximum absolute atomic E-state index is 13.9. The topological polar surface area (TPSA) is 99.3 Å². The summed E-state index contributed by atoms with van der Waals surface area (Å²) in [5.74, 6) is -0.347. The van der Waals surface area contributed by atoms with Crippen LogP contribution < -0.4 is 10.5 Å². The van der Waals surface area contributed by atoms with Gasteiger partial charge in [-0.1, -0.05) is 24.3 Å². The lowest BCUT2D eigenvalue weighted by atomic mass is 9.93. The number of nitrogens with zero attached hydrogens (tertiary/aromatic N) is 5. The summed E-state index contributed by atoms with van der Waals surface area (Å²) in [6, 6.07) is 19.8. The first kappa shape index (κ1) is 27.5. The predicted molar refractivity (Wildman–Crippen MR) is 152 cm³/mol. The molecule has 2 aromatic heterocycles. The number of aryl methyl sites for hydroxylation is 1. The highest BCUT2D eigenvalue weighted by atomic mass is 32.2. The van der Waals surface area contributed by atoms with Crippen molar-refractivity contribution >= 4 is 26.6 Å². The number of fused-ring (bicyclic) bond motifs is 1. The van der Waals surface area contributed by atoms with Crippen LogP contribution in [0.1, 0.15) is 36.7 Å². The molecule has 0 aliphatic carbocycles. The second-order valence-corrected chi connectivity index (χ2v) is 12.5. The van der Waals surface area contributed by atoms with Crippen molar-refractivity contribution in [1.29, 1.82) is 5.26 Å². The van der Waals surface area contributed by atoms with E-state index < -0.39 is 9.84 Å². The summed E-state index contributed by atoms with van der Waals surface area (Å²) >= 11 is 0. The molecule has 1 fully saturated rings. The third kappa shape index (κ3) is 5.10. The molecule has 10 heteroatoms. The number of rotatable bonds is 5. The van der Waals surface area contributed by atoms with E-state index in [9.17, 15) is 22.9 Å². The molecule has 3 heterocycles. The molecule has 1 aliphatic heterocycles. The summed E-state index contributed by atoms with van der Waals surface area (Å²) in [6.45, 7) is 5.25. The van der Waals surface area contributed by atoms with E-state index in [-0.39, 0.29) is 40.1 Å². The number of sulfone groups is 1. The van der Waals surface area contributed by atoms with Crippen LogP contribution in [-0.2, 0) is 16.9 Å². The highest BCUT2D eigenvalue weighted by molar-refractivity contribution is 7.90. The molecule has 0 radical (unpaired) electrons. The molecular weight excluding hydrogens is 529 g/mol. The van der Waals surface area contributed by atoms with Crippen LogP contribution in [0.5, 0.6) is 0 Å². The molecule has 4 aromatic rings. The first-order chi connectivity index (χ1) is 19.0. The highest BCUT2D eigenvalue weighted by Gasteiger charge is 2.36. The third-order valence-electron chi connectivity index (χ3n) is 7.65. The number of aromatic nitrogens is 2. The molecule has 0 N–H and O–H groups in total. The van der Waals surface area contributed by atoms with Gasteiger partial charge in [-0.05, 0) is 61.4 Å². The van der Waals surface area contributed by atoms with Gasteiger partial charge in [-0.25, -0.2) is 17.8 Å². The monoisotopic (exact) mass is 559 g/mol. The van der Waals surface area contributed by atoms with Crippen molar-refractivity contribution in [2.24, 2.45) is 7.05 Å². The lowest BCUT2D eigenvalue weighted by Crippen LogP contribution is -2.57. The standard InChI is InChI=1S/C30H30FN5O3S/c1-19-18-36(30(21-8-10-23(31)11-9-21)22-6-5-7-25(14-22)40(4,38)39)20(2)17-35(19)27-15-28(37)34(3)26-13-12-24(16-32)33-29(26)27/h5-15,19-20,30H,17-18H2,1-4H3/t19-,20+,30?/m0/s1. The predicted octanol–water partition coefficient (Wildman–Crippen LogP) is 4.04. The Kier molecular flexibility index (Phi) is 7.21. The van der Waals surface area contributed by atoms with Gasteiger partial charge in [0.05, 0.1) is 22.1 Å².